The Morgan fingerprint density at radius 1 is 1.03 bits per heavy atom. The highest BCUT2D eigenvalue weighted by molar-refractivity contribution is 7.89. The number of halogens is 1. The van der Waals surface area contributed by atoms with Crippen LogP contribution >= 0.6 is 11.6 Å². The fourth-order valence-corrected chi connectivity index (χ4v) is 4.97. The number of benzene rings is 2. The maximum Gasteiger partial charge on any atom is 0.243 e. The predicted octanol–water partition coefficient (Wildman–Crippen LogP) is 3.24. The molecule has 0 bridgehead atoms. The van der Waals surface area contributed by atoms with Crippen LogP contribution in [0.3, 0.4) is 0 Å². The van der Waals surface area contributed by atoms with Gasteiger partial charge in [0.05, 0.1) is 4.90 Å². The van der Waals surface area contributed by atoms with E-state index in [-0.39, 0.29) is 10.8 Å². The Labute approximate surface area is 177 Å². The number of aryl methyl sites for hydroxylation is 1. The Morgan fingerprint density at radius 2 is 1.69 bits per heavy atom. The highest BCUT2D eigenvalue weighted by Gasteiger charge is 2.27. The van der Waals surface area contributed by atoms with Gasteiger partial charge in [-0.15, -0.1) is 0 Å². The van der Waals surface area contributed by atoms with Crippen molar-refractivity contribution in [3.05, 3.63) is 59.1 Å². The van der Waals surface area contributed by atoms with Gasteiger partial charge in [0.15, 0.2) is 0 Å². The lowest BCUT2D eigenvalue weighted by Crippen LogP contribution is -2.48. The number of anilines is 1. The van der Waals surface area contributed by atoms with Gasteiger partial charge in [-0.3, -0.25) is 4.79 Å². The lowest BCUT2D eigenvalue weighted by atomic mass is 10.1. The van der Waals surface area contributed by atoms with Crippen LogP contribution in [0.5, 0.6) is 0 Å². The van der Waals surface area contributed by atoms with E-state index in [4.69, 9.17) is 11.6 Å². The molecule has 0 unspecified atom stereocenters. The molecule has 1 amide bonds. The summed E-state index contributed by atoms with van der Waals surface area (Å²) in [5.41, 5.74) is 1.50. The first-order valence-corrected chi connectivity index (χ1v) is 11.6. The molecule has 29 heavy (non-hydrogen) atoms. The number of carbonyl (C=O) groups is 1. The molecule has 0 spiro atoms. The molecule has 1 saturated heterocycles. The van der Waals surface area contributed by atoms with Gasteiger partial charge in [0.1, 0.15) is 0 Å². The Bertz CT molecular complexity index is 940. The first kappa shape index (κ1) is 21.8. The lowest BCUT2D eigenvalue weighted by molar-refractivity contribution is -0.116. The van der Waals surface area contributed by atoms with Gasteiger partial charge >= 0.3 is 0 Å². The molecule has 1 fully saturated rings. The van der Waals surface area contributed by atoms with Crippen molar-refractivity contribution in [1.82, 2.24) is 9.21 Å². The standard InChI is InChI=1S/C21H26ClN3O3S/c1-2-24-13-15-25(16-14-24)29(27,28)19-10-8-18(9-11-19)23-21(26)12-7-17-5-3-4-6-20(17)22/h3-6,8-11H,2,7,12-16H2,1H3,(H,23,26). The number of likely N-dealkylation sites (N-methyl/N-ethyl adjacent to an activating group) is 1. The molecule has 0 aliphatic carbocycles. The zero-order chi connectivity index (χ0) is 20.9. The second-order valence-electron chi connectivity index (χ2n) is 7.00. The summed E-state index contributed by atoms with van der Waals surface area (Å²) in [7, 11) is -3.51. The number of piperazine rings is 1. The van der Waals surface area contributed by atoms with Crippen molar-refractivity contribution in [2.45, 2.75) is 24.7 Å². The van der Waals surface area contributed by atoms with Gasteiger partial charge in [-0.1, -0.05) is 36.7 Å². The molecule has 8 heteroatoms. The second-order valence-corrected chi connectivity index (χ2v) is 9.35. The van der Waals surface area contributed by atoms with Crippen LogP contribution in [-0.2, 0) is 21.2 Å². The molecule has 3 rings (SSSR count). The van der Waals surface area contributed by atoms with E-state index in [1.807, 2.05) is 18.2 Å². The molecular weight excluding hydrogens is 410 g/mol. The van der Waals surface area contributed by atoms with Crippen molar-refractivity contribution in [2.24, 2.45) is 0 Å². The van der Waals surface area contributed by atoms with E-state index in [1.165, 1.54) is 4.31 Å². The third-order valence-corrected chi connectivity index (χ3v) is 7.42. The molecule has 0 saturated carbocycles. The van der Waals surface area contributed by atoms with Crippen LogP contribution in [0.25, 0.3) is 0 Å². The summed E-state index contributed by atoms with van der Waals surface area (Å²) in [4.78, 5) is 14.7. The van der Waals surface area contributed by atoms with E-state index < -0.39 is 10.0 Å². The quantitative estimate of drug-likeness (QED) is 0.724. The van der Waals surface area contributed by atoms with Crippen LogP contribution in [0.15, 0.2) is 53.4 Å². The summed E-state index contributed by atoms with van der Waals surface area (Å²) in [6.45, 7) is 5.49. The largest absolute Gasteiger partial charge is 0.326 e. The van der Waals surface area contributed by atoms with Crippen molar-refractivity contribution in [3.63, 3.8) is 0 Å². The van der Waals surface area contributed by atoms with Crippen molar-refractivity contribution < 1.29 is 13.2 Å². The number of carbonyl (C=O) groups excluding carboxylic acids is 1. The zero-order valence-electron chi connectivity index (χ0n) is 16.5. The molecule has 2 aromatic rings. The molecule has 0 aromatic heterocycles. The molecule has 1 aliphatic heterocycles. The van der Waals surface area contributed by atoms with E-state index in [1.54, 1.807) is 30.3 Å². The van der Waals surface area contributed by atoms with Gasteiger partial charge in [-0.25, -0.2) is 8.42 Å². The van der Waals surface area contributed by atoms with Crippen molar-refractivity contribution in [1.29, 1.82) is 0 Å². The Kier molecular flexibility index (Phi) is 7.29. The normalized spacial score (nSPS) is 15.9. The van der Waals surface area contributed by atoms with Crippen molar-refractivity contribution in [3.8, 4) is 0 Å². The van der Waals surface area contributed by atoms with E-state index in [0.717, 1.165) is 25.2 Å². The van der Waals surface area contributed by atoms with Crippen LogP contribution < -0.4 is 5.32 Å². The van der Waals surface area contributed by atoms with Crippen LogP contribution in [-0.4, -0.2) is 56.3 Å². The summed E-state index contributed by atoms with van der Waals surface area (Å²) < 4.78 is 27.2. The third kappa shape index (κ3) is 5.57. The number of rotatable bonds is 7. The molecule has 1 aliphatic rings. The second kappa shape index (κ2) is 9.71. The molecule has 156 valence electrons. The van der Waals surface area contributed by atoms with Crippen molar-refractivity contribution >= 4 is 33.2 Å². The van der Waals surface area contributed by atoms with Gasteiger partial charge in [0.2, 0.25) is 15.9 Å². The highest BCUT2D eigenvalue weighted by atomic mass is 35.5. The number of sulfonamides is 1. The van der Waals surface area contributed by atoms with Crippen LogP contribution in [0, 0.1) is 0 Å². The molecule has 1 heterocycles. The first-order valence-electron chi connectivity index (χ1n) is 9.76. The fourth-order valence-electron chi connectivity index (χ4n) is 3.32. The van der Waals surface area contributed by atoms with Crippen LogP contribution in [0.2, 0.25) is 5.02 Å². The average Bonchev–Trinajstić information content (AvgIpc) is 2.73. The van der Waals surface area contributed by atoms with Crippen LogP contribution in [0.1, 0.15) is 18.9 Å². The molecule has 0 radical (unpaired) electrons. The SMILES string of the molecule is CCN1CCN(S(=O)(=O)c2ccc(NC(=O)CCc3ccccc3Cl)cc2)CC1. The Morgan fingerprint density at radius 3 is 2.31 bits per heavy atom. The van der Waals surface area contributed by atoms with Crippen molar-refractivity contribution in [2.75, 3.05) is 38.0 Å². The highest BCUT2D eigenvalue weighted by Crippen LogP contribution is 2.21. The minimum Gasteiger partial charge on any atom is -0.326 e. The minimum atomic E-state index is -3.51. The lowest BCUT2D eigenvalue weighted by Gasteiger charge is -2.33. The predicted molar refractivity (Wildman–Crippen MR) is 116 cm³/mol. The maximum atomic E-state index is 12.8. The smallest absolute Gasteiger partial charge is 0.243 e. The zero-order valence-corrected chi connectivity index (χ0v) is 18.0. The number of nitrogens with zero attached hydrogens (tertiary/aromatic N) is 2. The van der Waals surface area contributed by atoms with E-state index in [0.29, 0.717) is 36.6 Å². The maximum absolute atomic E-state index is 12.8. The average molecular weight is 436 g/mol. The van der Waals surface area contributed by atoms with Gasteiger partial charge in [0.25, 0.3) is 0 Å². The number of nitrogens with one attached hydrogen (secondary N) is 1. The van der Waals surface area contributed by atoms with E-state index in [2.05, 4.69) is 17.1 Å². The number of hydrogen-bond acceptors (Lipinski definition) is 4. The summed E-state index contributed by atoms with van der Waals surface area (Å²) in [6, 6.07) is 13.8. The Hall–Kier alpha value is -1.93. The van der Waals surface area contributed by atoms with Crippen LogP contribution in [0.4, 0.5) is 5.69 Å². The summed E-state index contributed by atoms with van der Waals surface area (Å²) >= 11 is 6.11. The summed E-state index contributed by atoms with van der Waals surface area (Å²) in [6.07, 6.45) is 0.840. The molecule has 2 aromatic carbocycles. The number of amides is 1. The minimum absolute atomic E-state index is 0.142. The monoisotopic (exact) mass is 435 g/mol. The summed E-state index contributed by atoms with van der Waals surface area (Å²) in [5, 5.41) is 3.45. The van der Waals surface area contributed by atoms with E-state index >= 15 is 0 Å². The molecule has 6 nitrogen and oxygen atoms in total. The number of hydrogen-bond donors (Lipinski definition) is 1. The Balaban J connectivity index is 1.57. The molecule has 1 N–H and O–H groups in total. The van der Waals surface area contributed by atoms with Gasteiger partial charge in [0, 0.05) is 43.3 Å². The fraction of sp³-hybridized carbons (Fsp3) is 0.381. The first-order chi connectivity index (χ1) is 13.9. The van der Waals surface area contributed by atoms with E-state index in [9.17, 15) is 13.2 Å². The van der Waals surface area contributed by atoms with Gasteiger partial charge in [-0.05, 0) is 48.9 Å². The molecule has 0 atom stereocenters. The molecular formula is C21H26ClN3O3S. The third-order valence-electron chi connectivity index (χ3n) is 5.13. The topological polar surface area (TPSA) is 69.7 Å². The van der Waals surface area contributed by atoms with Gasteiger partial charge in [-0.2, -0.15) is 4.31 Å². The summed E-state index contributed by atoms with van der Waals surface area (Å²) in [5.74, 6) is -0.142. The van der Waals surface area contributed by atoms with Gasteiger partial charge < -0.3 is 10.2 Å².